The minimum atomic E-state index is -3.26. The molecule has 5 heteroatoms. The van der Waals surface area contributed by atoms with Crippen molar-refractivity contribution < 1.29 is 13.2 Å². The molecule has 1 aromatic carbocycles. The Balaban J connectivity index is 1.78. The fourth-order valence-corrected chi connectivity index (χ4v) is 5.42. The lowest BCUT2D eigenvalue weighted by Crippen LogP contribution is -2.42. The van der Waals surface area contributed by atoms with E-state index in [1.54, 1.807) is 4.31 Å². The van der Waals surface area contributed by atoms with Crippen LogP contribution in [0, 0.1) is 12.8 Å². The molecule has 1 aromatic rings. The predicted molar refractivity (Wildman–Crippen MR) is 96.3 cm³/mol. The standard InChI is InChI=1S/C19H29NO3S/c1-16-7-9-18(10-8-16)14-20-19(13-17-5-3-2-4-6-17)15-23-11-12-24(20,21)22/h7-10,17,19H,2-6,11-15H2,1H3/t19-/m0/s1. The topological polar surface area (TPSA) is 46.6 Å². The molecule has 1 aliphatic carbocycles. The van der Waals surface area contributed by atoms with Crippen LogP contribution in [0.25, 0.3) is 0 Å². The molecule has 2 fully saturated rings. The molecule has 1 atom stereocenters. The van der Waals surface area contributed by atoms with E-state index in [1.807, 2.05) is 31.2 Å². The molecule has 4 nitrogen and oxygen atoms in total. The van der Waals surface area contributed by atoms with Crippen LogP contribution in [0.15, 0.2) is 24.3 Å². The maximum atomic E-state index is 12.8. The Morgan fingerprint density at radius 3 is 2.54 bits per heavy atom. The van der Waals surface area contributed by atoms with Gasteiger partial charge in [0.25, 0.3) is 0 Å². The lowest BCUT2D eigenvalue weighted by molar-refractivity contribution is 0.0939. The van der Waals surface area contributed by atoms with Crippen molar-refractivity contribution in [1.29, 1.82) is 0 Å². The van der Waals surface area contributed by atoms with E-state index in [4.69, 9.17) is 4.74 Å². The minimum absolute atomic E-state index is 0.0260. The summed E-state index contributed by atoms with van der Waals surface area (Å²) in [5.74, 6) is 0.737. The molecule has 24 heavy (non-hydrogen) atoms. The monoisotopic (exact) mass is 351 g/mol. The third-order valence-corrected chi connectivity index (χ3v) is 7.17. The minimum Gasteiger partial charge on any atom is -0.379 e. The molecule has 0 radical (unpaired) electrons. The van der Waals surface area contributed by atoms with Gasteiger partial charge in [0.2, 0.25) is 10.0 Å². The summed E-state index contributed by atoms with van der Waals surface area (Å²) in [5, 5.41) is 0. The molecule has 0 spiro atoms. The van der Waals surface area contributed by atoms with Crippen molar-refractivity contribution in [3.05, 3.63) is 35.4 Å². The summed E-state index contributed by atoms with van der Waals surface area (Å²) in [5.41, 5.74) is 2.25. The maximum absolute atomic E-state index is 12.8. The number of aryl methyl sites for hydroxylation is 1. The third kappa shape index (κ3) is 4.58. The van der Waals surface area contributed by atoms with Gasteiger partial charge in [-0.05, 0) is 24.8 Å². The molecule has 0 aromatic heterocycles. The smallest absolute Gasteiger partial charge is 0.217 e. The van der Waals surface area contributed by atoms with Gasteiger partial charge in [0.15, 0.2) is 0 Å². The Morgan fingerprint density at radius 1 is 1.12 bits per heavy atom. The van der Waals surface area contributed by atoms with Crippen LogP contribution in [0.2, 0.25) is 0 Å². The number of rotatable bonds is 4. The Bertz CT molecular complexity index is 621. The van der Waals surface area contributed by atoms with E-state index in [0.717, 1.165) is 12.0 Å². The fourth-order valence-electron chi connectivity index (χ4n) is 3.91. The van der Waals surface area contributed by atoms with Gasteiger partial charge in [-0.1, -0.05) is 61.9 Å². The van der Waals surface area contributed by atoms with Crippen molar-refractivity contribution in [2.75, 3.05) is 19.0 Å². The molecule has 134 valence electrons. The molecule has 0 unspecified atom stereocenters. The van der Waals surface area contributed by atoms with Crippen molar-refractivity contribution >= 4 is 10.0 Å². The molecule has 0 N–H and O–H groups in total. The van der Waals surface area contributed by atoms with Crippen LogP contribution in [0.5, 0.6) is 0 Å². The van der Waals surface area contributed by atoms with Gasteiger partial charge in [0.1, 0.15) is 0 Å². The van der Waals surface area contributed by atoms with Crippen molar-refractivity contribution in [3.8, 4) is 0 Å². The zero-order valence-electron chi connectivity index (χ0n) is 14.6. The number of nitrogens with zero attached hydrogens (tertiary/aromatic N) is 1. The van der Waals surface area contributed by atoms with Gasteiger partial charge in [0.05, 0.1) is 19.0 Å². The predicted octanol–water partition coefficient (Wildman–Crippen LogP) is 3.50. The van der Waals surface area contributed by atoms with Gasteiger partial charge in [-0.15, -0.1) is 0 Å². The summed E-state index contributed by atoms with van der Waals surface area (Å²) >= 11 is 0. The molecule has 1 saturated heterocycles. The Labute approximate surface area is 146 Å². The SMILES string of the molecule is Cc1ccc(CN2[C@@H](CC3CCCCC3)COCCS2(=O)=O)cc1. The number of hydrogen-bond acceptors (Lipinski definition) is 3. The van der Waals surface area contributed by atoms with Crippen molar-refractivity contribution in [2.45, 2.75) is 58.0 Å². The maximum Gasteiger partial charge on any atom is 0.217 e. The van der Waals surface area contributed by atoms with Crippen LogP contribution in [-0.4, -0.2) is 37.7 Å². The summed E-state index contributed by atoms with van der Waals surface area (Å²) in [6, 6.07) is 8.14. The number of hydrogen-bond donors (Lipinski definition) is 0. The van der Waals surface area contributed by atoms with Crippen LogP contribution in [-0.2, 0) is 21.3 Å². The second kappa shape index (κ2) is 7.98. The molecule has 0 bridgehead atoms. The highest BCUT2D eigenvalue weighted by molar-refractivity contribution is 7.89. The highest BCUT2D eigenvalue weighted by Gasteiger charge is 2.34. The molecular weight excluding hydrogens is 322 g/mol. The Hall–Kier alpha value is -0.910. The van der Waals surface area contributed by atoms with Gasteiger partial charge in [-0.3, -0.25) is 0 Å². The highest BCUT2D eigenvalue weighted by atomic mass is 32.2. The first-order chi connectivity index (χ1) is 11.5. The fraction of sp³-hybridized carbons (Fsp3) is 0.684. The van der Waals surface area contributed by atoms with Crippen LogP contribution in [0.1, 0.15) is 49.7 Å². The van der Waals surface area contributed by atoms with E-state index in [2.05, 4.69) is 0 Å². The highest BCUT2D eigenvalue weighted by Crippen LogP contribution is 2.31. The van der Waals surface area contributed by atoms with Crippen LogP contribution in [0.4, 0.5) is 0 Å². The first kappa shape index (κ1) is 17.9. The van der Waals surface area contributed by atoms with Gasteiger partial charge in [-0.2, -0.15) is 4.31 Å². The van der Waals surface area contributed by atoms with Crippen LogP contribution < -0.4 is 0 Å². The summed E-state index contributed by atoms with van der Waals surface area (Å²) in [4.78, 5) is 0. The van der Waals surface area contributed by atoms with E-state index in [-0.39, 0.29) is 11.8 Å². The van der Waals surface area contributed by atoms with E-state index in [1.165, 1.54) is 37.7 Å². The largest absolute Gasteiger partial charge is 0.379 e. The van der Waals surface area contributed by atoms with Crippen LogP contribution in [0.3, 0.4) is 0 Å². The quantitative estimate of drug-likeness (QED) is 0.834. The van der Waals surface area contributed by atoms with E-state index >= 15 is 0 Å². The number of sulfonamides is 1. The average molecular weight is 352 g/mol. The normalized spacial score (nSPS) is 26.1. The molecule has 0 amide bonds. The van der Waals surface area contributed by atoms with Crippen molar-refractivity contribution in [3.63, 3.8) is 0 Å². The Kier molecular flexibility index (Phi) is 5.95. The number of benzene rings is 1. The second-order valence-electron chi connectivity index (χ2n) is 7.32. The van der Waals surface area contributed by atoms with Crippen molar-refractivity contribution in [1.82, 2.24) is 4.31 Å². The lowest BCUT2D eigenvalue weighted by atomic mass is 9.85. The second-order valence-corrected chi connectivity index (χ2v) is 9.36. The molecule has 2 aliphatic rings. The molecule has 3 rings (SSSR count). The van der Waals surface area contributed by atoms with Gasteiger partial charge >= 0.3 is 0 Å². The summed E-state index contributed by atoms with van der Waals surface area (Å²) < 4.78 is 32.9. The molecular formula is C19H29NO3S. The van der Waals surface area contributed by atoms with Crippen molar-refractivity contribution in [2.24, 2.45) is 5.92 Å². The Morgan fingerprint density at radius 2 is 1.83 bits per heavy atom. The van der Waals surface area contributed by atoms with E-state index in [0.29, 0.717) is 25.7 Å². The summed E-state index contributed by atoms with van der Waals surface area (Å²) in [6.07, 6.45) is 7.28. The van der Waals surface area contributed by atoms with Gasteiger partial charge < -0.3 is 4.74 Å². The number of ether oxygens (including phenoxy) is 1. The van der Waals surface area contributed by atoms with Crippen LogP contribution >= 0.6 is 0 Å². The van der Waals surface area contributed by atoms with Gasteiger partial charge in [0, 0.05) is 12.6 Å². The molecule has 1 aliphatic heterocycles. The van der Waals surface area contributed by atoms with E-state index in [9.17, 15) is 8.42 Å². The van der Waals surface area contributed by atoms with E-state index < -0.39 is 10.0 Å². The summed E-state index contributed by atoms with van der Waals surface area (Å²) in [6.45, 7) is 3.35. The summed E-state index contributed by atoms with van der Waals surface area (Å²) in [7, 11) is -3.26. The first-order valence-corrected chi connectivity index (χ1v) is 10.8. The molecule has 1 saturated carbocycles. The third-order valence-electron chi connectivity index (χ3n) is 5.35. The first-order valence-electron chi connectivity index (χ1n) is 9.17. The van der Waals surface area contributed by atoms with Gasteiger partial charge in [-0.25, -0.2) is 8.42 Å². The average Bonchev–Trinajstić information content (AvgIpc) is 2.70. The lowest BCUT2D eigenvalue weighted by Gasteiger charge is -2.32. The zero-order valence-corrected chi connectivity index (χ0v) is 15.4. The molecule has 1 heterocycles. The zero-order chi connectivity index (χ0) is 17.0.